The van der Waals surface area contributed by atoms with E-state index in [1.165, 1.54) is 0 Å². The molecule has 2 N–H and O–H groups in total. The zero-order valence-corrected chi connectivity index (χ0v) is 13.6. The van der Waals surface area contributed by atoms with E-state index in [0.29, 0.717) is 0 Å². The summed E-state index contributed by atoms with van der Waals surface area (Å²) in [5.74, 6) is -0.00591. The number of hydrogen-bond acceptors (Lipinski definition) is 2. The number of rotatable bonds is 6. The monoisotopic (exact) mass is 346 g/mol. The number of hydrogen-bond donors (Lipinski definition) is 2. The van der Waals surface area contributed by atoms with Crippen LogP contribution in [-0.4, -0.2) is 12.5 Å². The SMILES string of the molecule is CCC(NC(=O)CNc1ccc(Br)cc1)c1ccccc1. The Morgan fingerprint density at radius 1 is 1.10 bits per heavy atom. The van der Waals surface area contributed by atoms with Crippen LogP contribution in [0.2, 0.25) is 0 Å². The Labute approximate surface area is 133 Å². The van der Waals surface area contributed by atoms with Crippen LogP contribution in [0.25, 0.3) is 0 Å². The number of benzene rings is 2. The van der Waals surface area contributed by atoms with Crippen molar-refractivity contribution >= 4 is 27.5 Å². The van der Waals surface area contributed by atoms with Gasteiger partial charge >= 0.3 is 0 Å². The van der Waals surface area contributed by atoms with Crippen LogP contribution in [0.5, 0.6) is 0 Å². The summed E-state index contributed by atoms with van der Waals surface area (Å²) in [4.78, 5) is 12.0. The van der Waals surface area contributed by atoms with Gasteiger partial charge in [-0.05, 0) is 36.2 Å². The van der Waals surface area contributed by atoms with Gasteiger partial charge in [-0.25, -0.2) is 0 Å². The molecule has 0 saturated heterocycles. The molecule has 0 bridgehead atoms. The molecular formula is C17H19BrN2O. The molecule has 21 heavy (non-hydrogen) atoms. The summed E-state index contributed by atoms with van der Waals surface area (Å²) in [6.07, 6.45) is 0.869. The van der Waals surface area contributed by atoms with Gasteiger partial charge in [-0.1, -0.05) is 53.2 Å². The maximum atomic E-state index is 12.0. The molecule has 0 heterocycles. The normalized spacial score (nSPS) is 11.7. The molecule has 2 rings (SSSR count). The second-order valence-electron chi connectivity index (χ2n) is 4.80. The average molecular weight is 347 g/mol. The van der Waals surface area contributed by atoms with Gasteiger partial charge in [-0.2, -0.15) is 0 Å². The van der Waals surface area contributed by atoms with Gasteiger partial charge in [-0.15, -0.1) is 0 Å². The van der Waals surface area contributed by atoms with E-state index in [1.807, 2.05) is 54.6 Å². The van der Waals surface area contributed by atoms with Gasteiger partial charge in [0.1, 0.15) is 0 Å². The first-order chi connectivity index (χ1) is 10.2. The van der Waals surface area contributed by atoms with Gasteiger partial charge in [0.05, 0.1) is 12.6 Å². The third-order valence-corrected chi connectivity index (χ3v) is 3.77. The first-order valence-electron chi connectivity index (χ1n) is 7.02. The van der Waals surface area contributed by atoms with Crippen molar-refractivity contribution in [3.05, 3.63) is 64.6 Å². The molecule has 0 aliphatic rings. The number of nitrogens with one attached hydrogen (secondary N) is 2. The molecule has 0 saturated carbocycles. The molecule has 0 fully saturated rings. The molecule has 0 aliphatic carbocycles. The van der Waals surface area contributed by atoms with Crippen molar-refractivity contribution in [2.75, 3.05) is 11.9 Å². The van der Waals surface area contributed by atoms with Crippen molar-refractivity contribution < 1.29 is 4.79 Å². The fourth-order valence-electron chi connectivity index (χ4n) is 2.10. The fraction of sp³-hybridized carbons (Fsp3) is 0.235. The molecule has 0 aliphatic heterocycles. The quantitative estimate of drug-likeness (QED) is 0.825. The molecule has 110 valence electrons. The maximum Gasteiger partial charge on any atom is 0.239 e. The predicted octanol–water partition coefficient (Wildman–Crippen LogP) is 4.13. The molecule has 0 radical (unpaired) electrons. The van der Waals surface area contributed by atoms with E-state index in [-0.39, 0.29) is 18.5 Å². The van der Waals surface area contributed by atoms with Crippen LogP contribution in [-0.2, 0) is 4.79 Å². The summed E-state index contributed by atoms with van der Waals surface area (Å²) in [5.41, 5.74) is 2.07. The van der Waals surface area contributed by atoms with Crippen LogP contribution in [0, 0.1) is 0 Å². The molecule has 0 spiro atoms. The number of amides is 1. The van der Waals surface area contributed by atoms with Crippen LogP contribution in [0.3, 0.4) is 0 Å². The van der Waals surface area contributed by atoms with Gasteiger partial charge in [0.25, 0.3) is 0 Å². The molecule has 2 aromatic carbocycles. The van der Waals surface area contributed by atoms with Crippen LogP contribution < -0.4 is 10.6 Å². The topological polar surface area (TPSA) is 41.1 Å². The summed E-state index contributed by atoms with van der Waals surface area (Å²) in [5, 5.41) is 6.17. The van der Waals surface area contributed by atoms with Crippen molar-refractivity contribution in [2.45, 2.75) is 19.4 Å². The Hall–Kier alpha value is -1.81. The highest BCUT2D eigenvalue weighted by Gasteiger charge is 2.11. The van der Waals surface area contributed by atoms with Crippen LogP contribution >= 0.6 is 15.9 Å². The fourth-order valence-corrected chi connectivity index (χ4v) is 2.37. The third-order valence-electron chi connectivity index (χ3n) is 3.24. The van der Waals surface area contributed by atoms with E-state index < -0.39 is 0 Å². The predicted molar refractivity (Wildman–Crippen MR) is 90.2 cm³/mol. The molecule has 1 atom stereocenters. The average Bonchev–Trinajstić information content (AvgIpc) is 2.53. The summed E-state index contributed by atoms with van der Waals surface area (Å²) >= 11 is 3.39. The van der Waals surface area contributed by atoms with Crippen LogP contribution in [0.1, 0.15) is 24.9 Å². The Kier molecular flexibility index (Phi) is 5.81. The lowest BCUT2D eigenvalue weighted by molar-refractivity contribution is -0.120. The smallest absolute Gasteiger partial charge is 0.239 e. The molecular weight excluding hydrogens is 328 g/mol. The van der Waals surface area contributed by atoms with E-state index in [4.69, 9.17) is 0 Å². The third kappa shape index (κ3) is 4.90. The lowest BCUT2D eigenvalue weighted by Crippen LogP contribution is -2.33. The molecule has 0 aromatic heterocycles. The summed E-state index contributed by atoms with van der Waals surface area (Å²) in [6.45, 7) is 2.34. The van der Waals surface area contributed by atoms with E-state index in [9.17, 15) is 4.79 Å². The van der Waals surface area contributed by atoms with Gasteiger partial charge < -0.3 is 10.6 Å². The summed E-state index contributed by atoms with van der Waals surface area (Å²) in [6, 6.07) is 17.9. The number of carbonyl (C=O) groups is 1. The van der Waals surface area contributed by atoms with Crippen molar-refractivity contribution in [1.29, 1.82) is 0 Å². The second kappa shape index (κ2) is 7.84. The number of carbonyl (C=O) groups excluding carboxylic acids is 1. The summed E-state index contributed by atoms with van der Waals surface area (Å²) < 4.78 is 1.02. The Morgan fingerprint density at radius 3 is 2.38 bits per heavy atom. The van der Waals surface area contributed by atoms with Crippen molar-refractivity contribution in [3.63, 3.8) is 0 Å². The first kappa shape index (κ1) is 15.6. The lowest BCUT2D eigenvalue weighted by Gasteiger charge is -2.18. The van der Waals surface area contributed by atoms with Crippen molar-refractivity contribution in [1.82, 2.24) is 5.32 Å². The molecule has 1 amide bonds. The largest absolute Gasteiger partial charge is 0.376 e. The zero-order valence-electron chi connectivity index (χ0n) is 12.0. The summed E-state index contributed by atoms with van der Waals surface area (Å²) in [7, 11) is 0. The highest BCUT2D eigenvalue weighted by atomic mass is 79.9. The highest BCUT2D eigenvalue weighted by Crippen LogP contribution is 2.16. The molecule has 2 aromatic rings. The van der Waals surface area contributed by atoms with Crippen LogP contribution in [0.15, 0.2) is 59.1 Å². The molecule has 1 unspecified atom stereocenters. The van der Waals surface area contributed by atoms with E-state index >= 15 is 0 Å². The van der Waals surface area contributed by atoms with E-state index in [1.54, 1.807) is 0 Å². The number of halogens is 1. The highest BCUT2D eigenvalue weighted by molar-refractivity contribution is 9.10. The minimum absolute atomic E-state index is 0.00591. The van der Waals surface area contributed by atoms with Crippen LogP contribution in [0.4, 0.5) is 5.69 Å². The minimum atomic E-state index is -0.00591. The lowest BCUT2D eigenvalue weighted by atomic mass is 10.0. The van der Waals surface area contributed by atoms with Gasteiger partial charge in [-0.3, -0.25) is 4.79 Å². The minimum Gasteiger partial charge on any atom is -0.376 e. The Balaban J connectivity index is 1.87. The second-order valence-corrected chi connectivity index (χ2v) is 5.72. The van der Waals surface area contributed by atoms with Gasteiger partial charge in [0, 0.05) is 10.2 Å². The molecule has 4 heteroatoms. The first-order valence-corrected chi connectivity index (χ1v) is 7.82. The van der Waals surface area contributed by atoms with Crippen molar-refractivity contribution in [2.24, 2.45) is 0 Å². The maximum absolute atomic E-state index is 12.0. The van der Waals surface area contributed by atoms with E-state index in [2.05, 4.69) is 33.5 Å². The number of anilines is 1. The standard InChI is InChI=1S/C17H19BrN2O/c1-2-16(13-6-4-3-5-7-13)20-17(21)12-19-15-10-8-14(18)9-11-15/h3-11,16,19H,2,12H2,1H3,(H,20,21). The van der Waals surface area contributed by atoms with Gasteiger partial charge in [0.15, 0.2) is 0 Å². The Bertz CT molecular complexity index is 569. The van der Waals surface area contributed by atoms with E-state index in [0.717, 1.165) is 22.1 Å². The zero-order chi connectivity index (χ0) is 15.1. The van der Waals surface area contributed by atoms with Gasteiger partial charge in [0.2, 0.25) is 5.91 Å². The Morgan fingerprint density at radius 2 is 1.76 bits per heavy atom. The molecule has 3 nitrogen and oxygen atoms in total. The van der Waals surface area contributed by atoms with Crippen molar-refractivity contribution in [3.8, 4) is 0 Å².